The van der Waals surface area contributed by atoms with Gasteiger partial charge in [-0.3, -0.25) is 5.43 Å². The second-order valence-corrected chi connectivity index (χ2v) is 3.78. The lowest BCUT2D eigenvalue weighted by Gasteiger charge is -2.02. The van der Waals surface area contributed by atoms with Crippen LogP contribution in [0.15, 0.2) is 53.9 Å². The summed E-state index contributed by atoms with van der Waals surface area (Å²) in [6.07, 6.45) is 5.28. The Hall–Kier alpha value is -2.69. The third-order valence-electron chi connectivity index (χ3n) is 2.57. The molecule has 0 saturated heterocycles. The molecule has 0 aliphatic rings. The van der Waals surface area contributed by atoms with Crippen molar-refractivity contribution in [1.82, 2.24) is 15.2 Å². The van der Waals surface area contributed by atoms with E-state index in [0.29, 0.717) is 5.82 Å². The summed E-state index contributed by atoms with van der Waals surface area (Å²) in [4.78, 5) is 3.04. The molecule has 2 aromatic heterocycles. The molecule has 88 valence electrons. The van der Waals surface area contributed by atoms with Crippen molar-refractivity contribution in [3.63, 3.8) is 0 Å². The summed E-state index contributed by atoms with van der Waals surface area (Å²) in [7, 11) is 0. The molecular formula is C13H11N5. The zero-order valence-corrected chi connectivity index (χ0v) is 9.54. The Balaban J connectivity index is 1.87. The van der Waals surface area contributed by atoms with Crippen molar-refractivity contribution in [2.24, 2.45) is 5.10 Å². The molecule has 3 rings (SSSR count). The maximum absolute atomic E-state index is 4.13. The van der Waals surface area contributed by atoms with Crippen LogP contribution in [0.5, 0.6) is 0 Å². The SMILES string of the molecule is C(=N/Nc1nncc2ccccc12)/c1ccc[nH]1. The largest absolute Gasteiger partial charge is 0.360 e. The number of hydrazone groups is 1. The van der Waals surface area contributed by atoms with Gasteiger partial charge >= 0.3 is 0 Å². The van der Waals surface area contributed by atoms with Crippen molar-refractivity contribution in [3.05, 3.63) is 54.5 Å². The average molecular weight is 237 g/mol. The number of aromatic amines is 1. The summed E-state index contributed by atoms with van der Waals surface area (Å²) >= 11 is 0. The van der Waals surface area contributed by atoms with Crippen LogP contribution in [0.1, 0.15) is 5.69 Å². The summed E-state index contributed by atoms with van der Waals surface area (Å²) in [6.45, 7) is 0. The summed E-state index contributed by atoms with van der Waals surface area (Å²) in [6, 6.07) is 11.7. The highest BCUT2D eigenvalue weighted by atomic mass is 15.3. The van der Waals surface area contributed by atoms with E-state index in [1.54, 1.807) is 12.4 Å². The lowest BCUT2D eigenvalue weighted by Crippen LogP contribution is -1.96. The minimum Gasteiger partial charge on any atom is -0.360 e. The number of nitrogens with zero attached hydrogens (tertiary/aromatic N) is 3. The molecule has 1 aromatic carbocycles. The third-order valence-corrected chi connectivity index (χ3v) is 2.57. The van der Waals surface area contributed by atoms with E-state index >= 15 is 0 Å². The Morgan fingerprint density at radius 1 is 1.17 bits per heavy atom. The highest BCUT2D eigenvalue weighted by molar-refractivity contribution is 5.91. The molecule has 0 atom stereocenters. The molecule has 0 aliphatic carbocycles. The third kappa shape index (κ3) is 2.06. The van der Waals surface area contributed by atoms with Gasteiger partial charge in [0.25, 0.3) is 0 Å². The predicted molar refractivity (Wildman–Crippen MR) is 71.5 cm³/mol. The summed E-state index contributed by atoms with van der Waals surface area (Å²) in [5.74, 6) is 0.649. The first-order valence-electron chi connectivity index (χ1n) is 5.56. The molecule has 2 heterocycles. The van der Waals surface area contributed by atoms with Crippen LogP contribution in [0.4, 0.5) is 5.82 Å². The number of fused-ring (bicyclic) bond motifs is 1. The quantitative estimate of drug-likeness (QED) is 0.543. The highest BCUT2D eigenvalue weighted by Gasteiger charge is 2.00. The fourth-order valence-electron chi connectivity index (χ4n) is 1.70. The topological polar surface area (TPSA) is 66.0 Å². The van der Waals surface area contributed by atoms with Crippen LogP contribution in [0.3, 0.4) is 0 Å². The Labute approximate surface area is 104 Å². The Bertz CT molecular complexity index is 667. The van der Waals surface area contributed by atoms with E-state index in [-0.39, 0.29) is 0 Å². The van der Waals surface area contributed by atoms with Gasteiger partial charge in [-0.05, 0) is 12.1 Å². The zero-order valence-electron chi connectivity index (χ0n) is 9.54. The second kappa shape index (κ2) is 4.67. The van der Waals surface area contributed by atoms with E-state index in [4.69, 9.17) is 0 Å². The van der Waals surface area contributed by atoms with Crippen molar-refractivity contribution >= 4 is 22.8 Å². The van der Waals surface area contributed by atoms with Crippen molar-refractivity contribution < 1.29 is 0 Å². The van der Waals surface area contributed by atoms with Gasteiger partial charge in [-0.15, -0.1) is 5.10 Å². The van der Waals surface area contributed by atoms with E-state index in [1.807, 2.05) is 42.6 Å². The van der Waals surface area contributed by atoms with Crippen molar-refractivity contribution in [1.29, 1.82) is 0 Å². The van der Waals surface area contributed by atoms with Crippen molar-refractivity contribution in [2.75, 3.05) is 5.43 Å². The van der Waals surface area contributed by atoms with Gasteiger partial charge in [0.15, 0.2) is 5.82 Å². The Morgan fingerprint density at radius 2 is 2.11 bits per heavy atom. The molecule has 0 aliphatic heterocycles. The van der Waals surface area contributed by atoms with E-state index in [2.05, 4.69) is 25.7 Å². The average Bonchev–Trinajstić information content (AvgIpc) is 2.92. The first-order valence-corrected chi connectivity index (χ1v) is 5.56. The minimum atomic E-state index is 0.649. The molecule has 0 spiro atoms. The van der Waals surface area contributed by atoms with E-state index < -0.39 is 0 Å². The molecule has 2 N–H and O–H groups in total. The van der Waals surface area contributed by atoms with Gasteiger partial charge in [-0.2, -0.15) is 10.2 Å². The molecule has 0 radical (unpaired) electrons. The van der Waals surface area contributed by atoms with Crippen LogP contribution < -0.4 is 5.43 Å². The van der Waals surface area contributed by atoms with Gasteiger partial charge in [-0.25, -0.2) is 0 Å². The summed E-state index contributed by atoms with van der Waals surface area (Å²) in [5, 5.41) is 14.1. The maximum atomic E-state index is 4.13. The van der Waals surface area contributed by atoms with Crippen LogP contribution in [-0.4, -0.2) is 21.4 Å². The molecule has 3 aromatic rings. The van der Waals surface area contributed by atoms with E-state index in [0.717, 1.165) is 16.5 Å². The fourth-order valence-corrected chi connectivity index (χ4v) is 1.70. The number of benzene rings is 1. The van der Waals surface area contributed by atoms with Gasteiger partial charge in [0.1, 0.15) is 0 Å². The normalized spacial score (nSPS) is 11.1. The van der Waals surface area contributed by atoms with Crippen LogP contribution in [0.2, 0.25) is 0 Å². The molecule has 5 nitrogen and oxygen atoms in total. The summed E-state index contributed by atoms with van der Waals surface area (Å²) < 4.78 is 0. The zero-order chi connectivity index (χ0) is 12.2. The van der Waals surface area contributed by atoms with E-state index in [9.17, 15) is 0 Å². The van der Waals surface area contributed by atoms with Crippen LogP contribution in [-0.2, 0) is 0 Å². The summed E-state index contributed by atoms with van der Waals surface area (Å²) in [5.41, 5.74) is 3.83. The molecule has 0 saturated carbocycles. The first kappa shape index (κ1) is 10.5. The van der Waals surface area contributed by atoms with Gasteiger partial charge in [0.05, 0.1) is 18.1 Å². The number of hydrogen-bond acceptors (Lipinski definition) is 4. The minimum absolute atomic E-state index is 0.649. The number of rotatable bonds is 3. The smallest absolute Gasteiger partial charge is 0.176 e. The Morgan fingerprint density at radius 3 is 3.00 bits per heavy atom. The molecule has 0 bridgehead atoms. The lowest BCUT2D eigenvalue weighted by molar-refractivity contribution is 1.04. The molecule has 0 unspecified atom stereocenters. The van der Waals surface area contributed by atoms with Gasteiger partial charge in [-0.1, -0.05) is 24.3 Å². The molecule has 5 heteroatoms. The van der Waals surface area contributed by atoms with Gasteiger partial charge < -0.3 is 4.98 Å². The molecule has 0 fully saturated rings. The standard InChI is InChI=1S/C13H11N5/c1-2-6-12-10(4-1)8-15-17-13(12)18-16-9-11-5-3-7-14-11/h1-9,14H,(H,17,18)/b16-9-. The van der Waals surface area contributed by atoms with Crippen molar-refractivity contribution in [2.45, 2.75) is 0 Å². The second-order valence-electron chi connectivity index (χ2n) is 3.78. The molecule has 0 amide bonds. The number of aromatic nitrogens is 3. The Kier molecular flexibility index (Phi) is 2.71. The molecular weight excluding hydrogens is 226 g/mol. The highest BCUT2D eigenvalue weighted by Crippen LogP contribution is 2.18. The van der Waals surface area contributed by atoms with E-state index in [1.165, 1.54) is 0 Å². The van der Waals surface area contributed by atoms with Gasteiger partial charge in [0, 0.05) is 17.0 Å². The van der Waals surface area contributed by atoms with Crippen molar-refractivity contribution in [3.8, 4) is 0 Å². The van der Waals surface area contributed by atoms with Crippen LogP contribution in [0, 0.1) is 0 Å². The number of hydrogen-bond donors (Lipinski definition) is 2. The number of H-pyrrole nitrogens is 1. The molecule has 18 heavy (non-hydrogen) atoms. The van der Waals surface area contributed by atoms with Gasteiger partial charge in [0.2, 0.25) is 0 Å². The lowest BCUT2D eigenvalue weighted by atomic mass is 10.2. The number of nitrogens with one attached hydrogen (secondary N) is 2. The fraction of sp³-hybridized carbons (Fsp3) is 0. The predicted octanol–water partition coefficient (Wildman–Crippen LogP) is 2.40. The van der Waals surface area contributed by atoms with Crippen LogP contribution in [0.25, 0.3) is 10.8 Å². The maximum Gasteiger partial charge on any atom is 0.176 e. The first-order chi connectivity index (χ1) is 8.93. The monoisotopic (exact) mass is 237 g/mol. The van der Waals surface area contributed by atoms with Crippen LogP contribution >= 0.6 is 0 Å². The number of anilines is 1.